The minimum atomic E-state index is -0.878. The van der Waals surface area contributed by atoms with Crippen LogP contribution in [0.4, 0.5) is 0 Å². The van der Waals surface area contributed by atoms with Crippen molar-refractivity contribution in [3.8, 4) is 0 Å². The Hall–Kier alpha value is -1.66. The maximum Gasteiger partial charge on any atom is 0.235 e. The number of hydrogen-bond donors (Lipinski definition) is 1. The van der Waals surface area contributed by atoms with Crippen molar-refractivity contribution in [2.45, 2.75) is 51.2 Å². The van der Waals surface area contributed by atoms with Crippen molar-refractivity contribution in [3.05, 3.63) is 24.2 Å². The second-order valence-corrected chi connectivity index (χ2v) is 6.58. The predicted octanol–water partition coefficient (Wildman–Crippen LogP) is 1.87. The monoisotopic (exact) mass is 321 g/mol. The molecule has 1 spiro atoms. The highest BCUT2D eigenvalue weighted by atomic mass is 16.5. The molecular weight excluding hydrogens is 298 g/mol. The standard InChI is InChI=1S/C17H23NO5/c19-13(11-22-12-14-5-4-8-23-14)10-18-15(20)9-17(16(18)21)6-2-1-3-7-17/h4-5,8,13,19H,1-3,6-7,9-12H2. The molecule has 0 aromatic carbocycles. The number of aliphatic hydroxyl groups excluding tert-OH is 1. The number of likely N-dealkylation sites (tertiary alicyclic amines) is 1. The average molecular weight is 321 g/mol. The Morgan fingerprint density at radius 1 is 1.30 bits per heavy atom. The van der Waals surface area contributed by atoms with Gasteiger partial charge in [0.25, 0.3) is 0 Å². The molecule has 2 aliphatic rings. The van der Waals surface area contributed by atoms with E-state index in [0.29, 0.717) is 12.2 Å². The van der Waals surface area contributed by atoms with Gasteiger partial charge in [0.1, 0.15) is 12.4 Å². The van der Waals surface area contributed by atoms with Crippen molar-refractivity contribution < 1.29 is 23.8 Å². The quantitative estimate of drug-likeness (QED) is 0.809. The van der Waals surface area contributed by atoms with Crippen LogP contribution in [0.15, 0.2) is 22.8 Å². The average Bonchev–Trinajstić information content (AvgIpc) is 3.12. The molecule has 2 fully saturated rings. The Labute approximate surface area is 135 Å². The molecule has 1 aromatic heterocycles. The van der Waals surface area contributed by atoms with E-state index < -0.39 is 11.5 Å². The summed E-state index contributed by atoms with van der Waals surface area (Å²) in [6, 6.07) is 3.55. The van der Waals surface area contributed by atoms with Gasteiger partial charge in [-0.05, 0) is 25.0 Å². The molecule has 1 unspecified atom stereocenters. The molecule has 1 atom stereocenters. The number of imide groups is 1. The number of amides is 2. The molecule has 1 aliphatic heterocycles. The van der Waals surface area contributed by atoms with Crippen molar-refractivity contribution >= 4 is 11.8 Å². The van der Waals surface area contributed by atoms with Gasteiger partial charge in [-0.3, -0.25) is 14.5 Å². The van der Waals surface area contributed by atoms with Gasteiger partial charge in [0.2, 0.25) is 11.8 Å². The molecule has 6 nitrogen and oxygen atoms in total. The van der Waals surface area contributed by atoms with Crippen molar-refractivity contribution in [2.24, 2.45) is 5.41 Å². The number of β-amino-alcohol motifs (C(OH)–C–C–N with tert-alkyl or cyclic N) is 1. The zero-order chi connectivity index (χ0) is 16.3. The minimum Gasteiger partial charge on any atom is -0.467 e. The van der Waals surface area contributed by atoms with Crippen molar-refractivity contribution in [1.82, 2.24) is 4.90 Å². The van der Waals surface area contributed by atoms with Gasteiger partial charge >= 0.3 is 0 Å². The van der Waals surface area contributed by atoms with Crippen molar-refractivity contribution in [3.63, 3.8) is 0 Å². The molecule has 1 saturated carbocycles. The molecule has 6 heteroatoms. The Morgan fingerprint density at radius 3 is 2.78 bits per heavy atom. The largest absolute Gasteiger partial charge is 0.467 e. The van der Waals surface area contributed by atoms with Crippen molar-refractivity contribution in [2.75, 3.05) is 13.2 Å². The number of carbonyl (C=O) groups excluding carboxylic acids is 2. The number of rotatable bonds is 6. The fraction of sp³-hybridized carbons (Fsp3) is 0.647. The van der Waals surface area contributed by atoms with E-state index in [1.54, 1.807) is 18.4 Å². The van der Waals surface area contributed by atoms with E-state index in [2.05, 4.69) is 0 Å². The van der Waals surface area contributed by atoms with E-state index in [1.807, 2.05) is 0 Å². The maximum atomic E-state index is 12.6. The lowest BCUT2D eigenvalue weighted by Crippen LogP contribution is -2.42. The van der Waals surface area contributed by atoms with E-state index in [-0.39, 0.29) is 31.6 Å². The van der Waals surface area contributed by atoms with Crippen LogP contribution in [-0.2, 0) is 20.9 Å². The Bertz CT molecular complexity index is 547. The first-order chi connectivity index (χ1) is 11.1. The first-order valence-electron chi connectivity index (χ1n) is 8.24. The summed E-state index contributed by atoms with van der Waals surface area (Å²) in [6.07, 6.45) is 5.69. The zero-order valence-electron chi connectivity index (χ0n) is 13.2. The normalized spacial score (nSPS) is 22.0. The van der Waals surface area contributed by atoms with Gasteiger partial charge in [-0.15, -0.1) is 0 Å². The van der Waals surface area contributed by atoms with E-state index in [0.717, 1.165) is 32.1 Å². The van der Waals surface area contributed by atoms with Crippen LogP contribution in [0.5, 0.6) is 0 Å². The van der Waals surface area contributed by atoms with E-state index in [1.165, 1.54) is 4.90 Å². The minimum absolute atomic E-state index is 0.0115. The number of nitrogens with zero attached hydrogens (tertiary/aromatic N) is 1. The van der Waals surface area contributed by atoms with Crippen LogP contribution < -0.4 is 0 Å². The molecule has 3 rings (SSSR count). The molecule has 0 radical (unpaired) electrons. The summed E-state index contributed by atoms with van der Waals surface area (Å²) in [5, 5.41) is 10.1. The summed E-state index contributed by atoms with van der Waals surface area (Å²) in [4.78, 5) is 26.0. The molecule has 126 valence electrons. The summed E-state index contributed by atoms with van der Waals surface area (Å²) in [7, 11) is 0. The van der Waals surface area contributed by atoms with E-state index in [9.17, 15) is 14.7 Å². The summed E-state index contributed by atoms with van der Waals surface area (Å²) in [5.41, 5.74) is -0.496. The number of aliphatic hydroxyl groups is 1. The lowest BCUT2D eigenvalue weighted by molar-refractivity contribution is -0.144. The van der Waals surface area contributed by atoms with Gasteiger partial charge in [-0.25, -0.2) is 0 Å². The Balaban J connectivity index is 1.50. The van der Waals surface area contributed by atoms with Gasteiger partial charge < -0.3 is 14.3 Å². The highest BCUT2D eigenvalue weighted by Crippen LogP contribution is 2.45. The molecule has 2 amide bonds. The van der Waals surface area contributed by atoms with Crippen LogP contribution in [0.2, 0.25) is 0 Å². The van der Waals surface area contributed by atoms with Crippen LogP contribution in [-0.4, -0.2) is 41.1 Å². The lowest BCUT2D eigenvalue weighted by atomic mass is 9.73. The summed E-state index contributed by atoms with van der Waals surface area (Å²) in [6.45, 7) is 0.332. The van der Waals surface area contributed by atoms with Gasteiger partial charge in [-0.1, -0.05) is 19.3 Å². The lowest BCUT2D eigenvalue weighted by Gasteiger charge is -2.30. The number of furan rings is 1. The van der Waals surface area contributed by atoms with Gasteiger partial charge in [0.15, 0.2) is 0 Å². The Kier molecular flexibility index (Phi) is 4.82. The van der Waals surface area contributed by atoms with Crippen LogP contribution in [0.25, 0.3) is 0 Å². The fourth-order valence-corrected chi connectivity index (χ4v) is 3.62. The first kappa shape index (κ1) is 16.2. The number of hydrogen-bond acceptors (Lipinski definition) is 5. The second kappa shape index (κ2) is 6.84. The number of ether oxygens (including phenoxy) is 1. The van der Waals surface area contributed by atoms with E-state index in [4.69, 9.17) is 9.15 Å². The topological polar surface area (TPSA) is 80.0 Å². The highest BCUT2D eigenvalue weighted by molar-refractivity contribution is 6.05. The van der Waals surface area contributed by atoms with Crippen LogP contribution in [0.3, 0.4) is 0 Å². The van der Waals surface area contributed by atoms with Crippen LogP contribution in [0.1, 0.15) is 44.3 Å². The third kappa shape index (κ3) is 3.48. The third-order valence-electron chi connectivity index (χ3n) is 4.83. The molecule has 1 aliphatic carbocycles. The van der Waals surface area contributed by atoms with Crippen LogP contribution >= 0.6 is 0 Å². The van der Waals surface area contributed by atoms with Gasteiger partial charge in [0, 0.05) is 6.42 Å². The predicted molar refractivity (Wildman–Crippen MR) is 81.2 cm³/mol. The third-order valence-corrected chi connectivity index (χ3v) is 4.83. The molecular formula is C17H23NO5. The fourth-order valence-electron chi connectivity index (χ4n) is 3.62. The maximum absolute atomic E-state index is 12.6. The molecule has 2 heterocycles. The Morgan fingerprint density at radius 2 is 2.09 bits per heavy atom. The SMILES string of the molecule is O=C1CC2(CCCCC2)C(=O)N1CC(O)COCc1ccco1. The molecule has 23 heavy (non-hydrogen) atoms. The van der Waals surface area contributed by atoms with E-state index >= 15 is 0 Å². The van der Waals surface area contributed by atoms with Crippen LogP contribution in [0, 0.1) is 5.41 Å². The van der Waals surface area contributed by atoms with Gasteiger partial charge in [0.05, 0.1) is 30.9 Å². The second-order valence-electron chi connectivity index (χ2n) is 6.58. The zero-order valence-corrected chi connectivity index (χ0v) is 13.2. The molecule has 1 N–H and O–H groups in total. The molecule has 0 bridgehead atoms. The smallest absolute Gasteiger partial charge is 0.235 e. The first-order valence-corrected chi connectivity index (χ1v) is 8.24. The summed E-state index contributed by atoms with van der Waals surface area (Å²) >= 11 is 0. The highest BCUT2D eigenvalue weighted by Gasteiger charge is 2.51. The molecule has 1 saturated heterocycles. The summed E-state index contributed by atoms with van der Waals surface area (Å²) < 4.78 is 10.5. The van der Waals surface area contributed by atoms with Gasteiger partial charge in [-0.2, -0.15) is 0 Å². The molecule has 1 aromatic rings. The van der Waals surface area contributed by atoms with Crippen molar-refractivity contribution in [1.29, 1.82) is 0 Å². The summed E-state index contributed by atoms with van der Waals surface area (Å²) in [5.74, 6) is 0.404. The number of carbonyl (C=O) groups is 2.